The van der Waals surface area contributed by atoms with Gasteiger partial charge in [-0.1, -0.05) is 12.1 Å². The lowest BCUT2D eigenvalue weighted by Gasteiger charge is -2.11. The van der Waals surface area contributed by atoms with Gasteiger partial charge in [-0.3, -0.25) is 4.79 Å². The third-order valence-electron chi connectivity index (χ3n) is 3.12. The van der Waals surface area contributed by atoms with Crippen molar-refractivity contribution in [3.63, 3.8) is 0 Å². The van der Waals surface area contributed by atoms with Gasteiger partial charge < -0.3 is 20.3 Å². The monoisotopic (exact) mass is 329 g/mol. The van der Waals surface area contributed by atoms with E-state index in [1.165, 1.54) is 12.1 Å². The highest BCUT2D eigenvalue weighted by Crippen LogP contribution is 2.21. The van der Waals surface area contributed by atoms with E-state index in [2.05, 4.69) is 5.32 Å². The van der Waals surface area contributed by atoms with Crippen molar-refractivity contribution in [1.82, 2.24) is 0 Å². The first-order valence-corrected chi connectivity index (χ1v) is 7.07. The van der Waals surface area contributed by atoms with Crippen LogP contribution in [0.4, 0.5) is 5.69 Å². The third-order valence-corrected chi connectivity index (χ3v) is 3.12. The smallest absolute Gasteiger partial charge is 0.335 e. The number of anilines is 1. The van der Waals surface area contributed by atoms with E-state index in [0.717, 1.165) is 6.07 Å². The number of hydrogen-bond acceptors (Lipinski definition) is 4. The molecule has 0 unspecified atom stereocenters. The van der Waals surface area contributed by atoms with E-state index in [0.29, 0.717) is 12.4 Å². The lowest BCUT2D eigenvalue weighted by atomic mass is 10.1. The second kappa shape index (κ2) is 7.28. The Kier molecular flexibility index (Phi) is 5.16. The first-order chi connectivity index (χ1) is 11.4. The van der Waals surface area contributed by atoms with E-state index in [-0.39, 0.29) is 22.4 Å². The van der Waals surface area contributed by atoms with Crippen LogP contribution in [0.1, 0.15) is 38.0 Å². The van der Waals surface area contributed by atoms with Crippen molar-refractivity contribution in [2.45, 2.75) is 6.92 Å². The normalized spacial score (nSPS) is 10.0. The van der Waals surface area contributed by atoms with Gasteiger partial charge in [-0.2, -0.15) is 0 Å². The summed E-state index contributed by atoms with van der Waals surface area (Å²) in [5.74, 6) is -2.73. The molecule has 1 amide bonds. The largest absolute Gasteiger partial charge is 0.493 e. The molecule has 0 saturated carbocycles. The van der Waals surface area contributed by atoms with Gasteiger partial charge in [0.1, 0.15) is 5.75 Å². The molecule has 0 aliphatic carbocycles. The molecule has 7 nitrogen and oxygen atoms in total. The standard InChI is InChI=1S/C17H15NO6/c1-2-24-14-6-4-3-5-13(14)15(19)18-12-8-10(16(20)21)7-11(9-12)17(22)23/h3-9H,2H2,1H3,(H,18,19)(H,20,21)(H,22,23). The maximum atomic E-state index is 12.4. The van der Waals surface area contributed by atoms with E-state index in [1.54, 1.807) is 31.2 Å². The average Bonchev–Trinajstić information content (AvgIpc) is 2.55. The van der Waals surface area contributed by atoms with Crippen molar-refractivity contribution < 1.29 is 29.3 Å². The molecule has 24 heavy (non-hydrogen) atoms. The molecule has 0 atom stereocenters. The molecule has 0 aliphatic heterocycles. The minimum atomic E-state index is -1.29. The molecule has 2 aromatic rings. The van der Waals surface area contributed by atoms with Crippen LogP contribution in [0.3, 0.4) is 0 Å². The molecule has 124 valence electrons. The number of carboxylic acids is 2. The summed E-state index contributed by atoms with van der Waals surface area (Å²) in [6.45, 7) is 2.16. The average molecular weight is 329 g/mol. The Morgan fingerprint density at radius 2 is 1.58 bits per heavy atom. The van der Waals surface area contributed by atoms with Crippen LogP contribution in [-0.2, 0) is 0 Å². The summed E-state index contributed by atoms with van der Waals surface area (Å²) in [6.07, 6.45) is 0. The molecular formula is C17H15NO6. The minimum absolute atomic E-state index is 0.0728. The van der Waals surface area contributed by atoms with Crippen molar-refractivity contribution in [2.75, 3.05) is 11.9 Å². The van der Waals surface area contributed by atoms with Gasteiger partial charge in [-0.05, 0) is 37.3 Å². The predicted octanol–water partition coefficient (Wildman–Crippen LogP) is 2.73. The van der Waals surface area contributed by atoms with Crippen LogP contribution in [0, 0.1) is 0 Å². The van der Waals surface area contributed by atoms with Crippen LogP contribution < -0.4 is 10.1 Å². The molecule has 7 heteroatoms. The fourth-order valence-electron chi connectivity index (χ4n) is 2.08. The molecule has 3 N–H and O–H groups in total. The van der Waals surface area contributed by atoms with E-state index < -0.39 is 17.8 Å². The van der Waals surface area contributed by atoms with Gasteiger partial charge in [-0.15, -0.1) is 0 Å². The summed E-state index contributed by atoms with van der Waals surface area (Å²) in [5.41, 5.74) is -0.132. The number of amides is 1. The van der Waals surface area contributed by atoms with E-state index >= 15 is 0 Å². The van der Waals surface area contributed by atoms with Gasteiger partial charge in [0, 0.05) is 5.69 Å². The van der Waals surface area contributed by atoms with E-state index in [9.17, 15) is 14.4 Å². The summed E-state index contributed by atoms with van der Waals surface area (Å²) >= 11 is 0. The van der Waals surface area contributed by atoms with Gasteiger partial charge in [0.25, 0.3) is 5.91 Å². The SMILES string of the molecule is CCOc1ccccc1C(=O)Nc1cc(C(=O)O)cc(C(=O)O)c1. The lowest BCUT2D eigenvalue weighted by molar-refractivity contribution is 0.0696. The summed E-state index contributed by atoms with van der Waals surface area (Å²) in [4.78, 5) is 34.6. The molecule has 0 heterocycles. The molecule has 0 fully saturated rings. The van der Waals surface area contributed by atoms with Gasteiger partial charge in [0.05, 0.1) is 23.3 Å². The Hall–Kier alpha value is -3.35. The predicted molar refractivity (Wildman–Crippen MR) is 85.9 cm³/mol. The Balaban J connectivity index is 2.35. The first-order valence-electron chi connectivity index (χ1n) is 7.07. The van der Waals surface area contributed by atoms with Crippen molar-refractivity contribution in [1.29, 1.82) is 0 Å². The topological polar surface area (TPSA) is 113 Å². The summed E-state index contributed by atoms with van der Waals surface area (Å²) in [5, 5.41) is 20.6. The minimum Gasteiger partial charge on any atom is -0.493 e. The number of carbonyl (C=O) groups is 3. The first kappa shape index (κ1) is 17.0. The van der Waals surface area contributed by atoms with E-state index in [4.69, 9.17) is 14.9 Å². The quantitative estimate of drug-likeness (QED) is 0.751. The number of hydrogen-bond donors (Lipinski definition) is 3. The summed E-state index contributed by atoms with van der Waals surface area (Å²) in [7, 11) is 0. The van der Waals surface area contributed by atoms with E-state index in [1.807, 2.05) is 0 Å². The second-order valence-corrected chi connectivity index (χ2v) is 4.79. The molecule has 2 rings (SSSR count). The van der Waals surface area contributed by atoms with Crippen LogP contribution >= 0.6 is 0 Å². The zero-order chi connectivity index (χ0) is 17.7. The zero-order valence-corrected chi connectivity index (χ0v) is 12.8. The fourth-order valence-corrected chi connectivity index (χ4v) is 2.08. The summed E-state index contributed by atoms with van der Waals surface area (Å²) < 4.78 is 5.37. The van der Waals surface area contributed by atoms with Crippen LogP contribution in [0.5, 0.6) is 5.75 Å². The molecule has 0 spiro atoms. The number of aromatic carboxylic acids is 2. The van der Waals surface area contributed by atoms with Crippen LogP contribution in [0.2, 0.25) is 0 Å². The number of rotatable bonds is 6. The van der Waals surface area contributed by atoms with Crippen LogP contribution in [0.25, 0.3) is 0 Å². The van der Waals surface area contributed by atoms with Crippen molar-refractivity contribution in [2.24, 2.45) is 0 Å². The van der Waals surface area contributed by atoms with Crippen LogP contribution in [0.15, 0.2) is 42.5 Å². The molecule has 0 bridgehead atoms. The molecule has 0 aliphatic rings. The fraction of sp³-hybridized carbons (Fsp3) is 0.118. The molecule has 2 aromatic carbocycles. The van der Waals surface area contributed by atoms with Gasteiger partial charge in [0.2, 0.25) is 0 Å². The number of para-hydroxylation sites is 1. The van der Waals surface area contributed by atoms with Crippen LogP contribution in [-0.4, -0.2) is 34.7 Å². The van der Waals surface area contributed by atoms with Gasteiger partial charge in [-0.25, -0.2) is 9.59 Å². The second-order valence-electron chi connectivity index (χ2n) is 4.79. The zero-order valence-electron chi connectivity index (χ0n) is 12.8. The van der Waals surface area contributed by atoms with Crippen molar-refractivity contribution >= 4 is 23.5 Å². The highest BCUT2D eigenvalue weighted by atomic mass is 16.5. The summed E-state index contributed by atoms with van der Waals surface area (Å²) in [6, 6.07) is 9.97. The maximum absolute atomic E-state index is 12.4. The van der Waals surface area contributed by atoms with Gasteiger partial charge >= 0.3 is 11.9 Å². The number of ether oxygens (including phenoxy) is 1. The lowest BCUT2D eigenvalue weighted by Crippen LogP contribution is -2.15. The molecule has 0 aromatic heterocycles. The molecular weight excluding hydrogens is 314 g/mol. The van der Waals surface area contributed by atoms with Crippen molar-refractivity contribution in [3.05, 3.63) is 59.2 Å². The highest BCUT2D eigenvalue weighted by Gasteiger charge is 2.15. The third kappa shape index (κ3) is 3.89. The molecule has 0 radical (unpaired) electrons. The number of carboxylic acid groups (broad SMARTS) is 2. The maximum Gasteiger partial charge on any atom is 0.335 e. The Morgan fingerprint density at radius 1 is 1.00 bits per heavy atom. The Labute approximate surface area is 137 Å². The van der Waals surface area contributed by atoms with Gasteiger partial charge in [0.15, 0.2) is 0 Å². The van der Waals surface area contributed by atoms with Crippen molar-refractivity contribution in [3.8, 4) is 5.75 Å². The highest BCUT2D eigenvalue weighted by molar-refractivity contribution is 6.07. The Morgan fingerprint density at radius 3 is 2.12 bits per heavy atom. The number of carbonyl (C=O) groups excluding carboxylic acids is 1. The Bertz CT molecular complexity index is 767. The number of nitrogens with one attached hydrogen (secondary N) is 1. The number of benzene rings is 2. The molecule has 0 saturated heterocycles.